The van der Waals surface area contributed by atoms with Crippen molar-refractivity contribution in [1.29, 1.82) is 0 Å². The smallest absolute Gasteiger partial charge is 0.174 e. The van der Waals surface area contributed by atoms with Gasteiger partial charge < -0.3 is 15.3 Å². The van der Waals surface area contributed by atoms with Crippen LogP contribution in [-0.4, -0.2) is 16.3 Å². The predicted octanol–water partition coefficient (Wildman–Crippen LogP) is 4.99. The molecule has 2 N–H and O–H groups in total. The molecule has 0 bridgehead atoms. The van der Waals surface area contributed by atoms with Crippen molar-refractivity contribution >= 4 is 23.0 Å². The van der Waals surface area contributed by atoms with Crippen molar-refractivity contribution in [2.75, 3.05) is 4.90 Å². The lowest BCUT2D eigenvalue weighted by atomic mass is 9.86. The fourth-order valence-corrected chi connectivity index (χ4v) is 3.80. The van der Waals surface area contributed by atoms with Gasteiger partial charge in [0.05, 0.1) is 6.54 Å². The Kier molecular flexibility index (Phi) is 6.09. The number of hydrogen-bond acceptors (Lipinski definition) is 2. The van der Waals surface area contributed by atoms with Crippen LogP contribution >= 0.6 is 12.2 Å². The molecule has 1 fully saturated rings. The molecular weight excluding hydrogens is 347 g/mol. The number of benzene rings is 2. The Hall–Kier alpha value is -2.14. The molecule has 1 saturated carbocycles. The number of para-hydroxylation sites is 1. The zero-order chi connectivity index (χ0) is 18.5. The number of halogens is 1. The van der Waals surface area contributed by atoms with Gasteiger partial charge in [0.25, 0.3) is 0 Å². The minimum absolute atomic E-state index is 0.230. The van der Waals surface area contributed by atoms with Crippen LogP contribution in [0.1, 0.15) is 38.2 Å². The molecule has 0 radical (unpaired) electrons. The van der Waals surface area contributed by atoms with Crippen molar-refractivity contribution < 1.29 is 9.50 Å². The van der Waals surface area contributed by atoms with Gasteiger partial charge in [-0.05, 0) is 61.3 Å². The summed E-state index contributed by atoms with van der Waals surface area (Å²) in [4.78, 5) is 1.92. The highest BCUT2D eigenvalue weighted by atomic mass is 32.1. The summed E-state index contributed by atoms with van der Waals surface area (Å²) in [6.45, 7) is 2.68. The van der Waals surface area contributed by atoms with Crippen LogP contribution in [0.3, 0.4) is 0 Å². The second kappa shape index (κ2) is 8.49. The molecule has 2 aromatic carbocycles. The minimum Gasteiger partial charge on any atom is -0.508 e. The summed E-state index contributed by atoms with van der Waals surface area (Å²) >= 11 is 5.71. The topological polar surface area (TPSA) is 35.5 Å². The van der Waals surface area contributed by atoms with Crippen molar-refractivity contribution in [3.8, 4) is 5.75 Å². The molecule has 3 nitrogen and oxygen atoms in total. The average Bonchev–Trinajstić information content (AvgIpc) is 2.64. The van der Waals surface area contributed by atoms with E-state index in [9.17, 15) is 9.50 Å². The molecule has 0 unspecified atom stereocenters. The zero-order valence-electron chi connectivity index (χ0n) is 15.0. The lowest BCUT2D eigenvalue weighted by molar-refractivity contribution is 0.309. The number of thiocarbonyl (C=S) groups is 1. The highest BCUT2D eigenvalue weighted by Gasteiger charge is 2.24. The molecule has 0 saturated heterocycles. The summed E-state index contributed by atoms with van der Waals surface area (Å²) in [5.41, 5.74) is 1.58. The molecule has 138 valence electrons. The lowest BCUT2D eigenvalue weighted by Crippen LogP contribution is -2.47. The third-order valence-corrected chi connectivity index (χ3v) is 5.46. The van der Waals surface area contributed by atoms with E-state index >= 15 is 0 Å². The van der Waals surface area contributed by atoms with Gasteiger partial charge in [0, 0.05) is 17.3 Å². The molecular formula is C21H25FN2OS. The van der Waals surface area contributed by atoms with Gasteiger partial charge in [-0.25, -0.2) is 4.39 Å². The predicted molar refractivity (Wildman–Crippen MR) is 108 cm³/mol. The third-order valence-electron chi connectivity index (χ3n) is 5.12. The summed E-state index contributed by atoms with van der Waals surface area (Å²) in [6, 6.07) is 13.9. The van der Waals surface area contributed by atoms with Gasteiger partial charge >= 0.3 is 0 Å². The van der Waals surface area contributed by atoms with Crippen molar-refractivity contribution in [2.24, 2.45) is 5.92 Å². The Labute approximate surface area is 159 Å². The second-order valence-corrected chi connectivity index (χ2v) is 7.40. The number of phenols is 1. The summed E-state index contributed by atoms with van der Waals surface area (Å²) in [7, 11) is 0. The van der Waals surface area contributed by atoms with Crippen molar-refractivity contribution in [3.63, 3.8) is 0 Å². The number of phenolic OH excluding ortho intramolecular Hbond substituents is 1. The van der Waals surface area contributed by atoms with Crippen LogP contribution in [-0.2, 0) is 6.54 Å². The van der Waals surface area contributed by atoms with E-state index in [-0.39, 0.29) is 11.6 Å². The maximum atomic E-state index is 13.4. The Morgan fingerprint density at radius 2 is 1.85 bits per heavy atom. The highest BCUT2D eigenvalue weighted by molar-refractivity contribution is 7.80. The van der Waals surface area contributed by atoms with Crippen LogP contribution in [0.4, 0.5) is 10.1 Å². The monoisotopic (exact) mass is 372 g/mol. The molecule has 2 aromatic rings. The Bertz CT molecular complexity index is 750. The van der Waals surface area contributed by atoms with Gasteiger partial charge in [-0.15, -0.1) is 0 Å². The van der Waals surface area contributed by atoms with Gasteiger partial charge in [0.1, 0.15) is 11.6 Å². The lowest BCUT2D eigenvalue weighted by Gasteiger charge is -2.34. The van der Waals surface area contributed by atoms with E-state index in [0.717, 1.165) is 17.7 Å². The van der Waals surface area contributed by atoms with E-state index in [4.69, 9.17) is 12.2 Å². The number of hydrogen-bond donors (Lipinski definition) is 2. The molecule has 26 heavy (non-hydrogen) atoms. The summed E-state index contributed by atoms with van der Waals surface area (Å²) in [5, 5.41) is 14.3. The molecule has 0 spiro atoms. The van der Waals surface area contributed by atoms with Crippen LogP contribution in [0.25, 0.3) is 0 Å². The first kappa shape index (κ1) is 18.6. The first-order chi connectivity index (χ1) is 12.5. The van der Waals surface area contributed by atoms with Crippen molar-refractivity contribution in [3.05, 3.63) is 59.9 Å². The van der Waals surface area contributed by atoms with Crippen molar-refractivity contribution in [1.82, 2.24) is 5.32 Å². The molecule has 0 heterocycles. The summed E-state index contributed by atoms with van der Waals surface area (Å²) in [6.07, 6.45) is 4.79. The van der Waals surface area contributed by atoms with Gasteiger partial charge in [-0.3, -0.25) is 0 Å². The molecule has 3 rings (SSSR count). The fourth-order valence-electron chi connectivity index (χ4n) is 3.48. The number of aromatic hydroxyl groups is 1. The Balaban J connectivity index is 1.83. The second-order valence-electron chi connectivity index (χ2n) is 7.01. The first-order valence-corrected chi connectivity index (χ1v) is 9.56. The van der Waals surface area contributed by atoms with Gasteiger partial charge in [0.2, 0.25) is 0 Å². The average molecular weight is 373 g/mol. The Morgan fingerprint density at radius 1 is 1.15 bits per heavy atom. The molecule has 1 aliphatic rings. The van der Waals surface area contributed by atoms with E-state index < -0.39 is 0 Å². The number of nitrogens with one attached hydrogen (secondary N) is 1. The van der Waals surface area contributed by atoms with E-state index in [1.807, 2.05) is 17.0 Å². The molecule has 5 heteroatoms. The molecule has 0 aromatic heterocycles. The van der Waals surface area contributed by atoms with Crippen LogP contribution in [0.2, 0.25) is 0 Å². The quantitative estimate of drug-likeness (QED) is 0.741. The van der Waals surface area contributed by atoms with Gasteiger partial charge in [-0.2, -0.15) is 0 Å². The first-order valence-electron chi connectivity index (χ1n) is 9.15. The number of rotatable bonds is 4. The van der Waals surface area contributed by atoms with Gasteiger partial charge in [-0.1, -0.05) is 38.0 Å². The largest absolute Gasteiger partial charge is 0.508 e. The molecule has 1 aliphatic carbocycles. The summed E-state index contributed by atoms with van der Waals surface area (Å²) < 4.78 is 13.4. The van der Waals surface area contributed by atoms with Crippen LogP contribution in [0, 0.1) is 11.7 Å². The molecule has 2 atom stereocenters. The minimum atomic E-state index is -0.281. The van der Waals surface area contributed by atoms with Crippen molar-refractivity contribution in [2.45, 2.75) is 45.2 Å². The van der Waals surface area contributed by atoms with Crippen LogP contribution < -0.4 is 10.2 Å². The maximum absolute atomic E-state index is 13.4. The fraction of sp³-hybridized carbons (Fsp3) is 0.381. The highest BCUT2D eigenvalue weighted by Crippen LogP contribution is 2.26. The van der Waals surface area contributed by atoms with Gasteiger partial charge in [0.15, 0.2) is 5.11 Å². The number of anilines is 1. The van der Waals surface area contributed by atoms with E-state index in [1.54, 1.807) is 24.3 Å². The van der Waals surface area contributed by atoms with E-state index in [2.05, 4.69) is 12.2 Å². The van der Waals surface area contributed by atoms with E-state index in [0.29, 0.717) is 23.6 Å². The Morgan fingerprint density at radius 3 is 2.54 bits per heavy atom. The standard InChI is InChI=1S/C21H25FN2OS/c1-15-6-2-4-8-19(15)23-21(26)24(18-12-10-17(22)11-13-18)14-16-7-3-5-9-20(16)25/h3,5,7,9-13,15,19,25H,2,4,6,8,14H2,1H3,(H,23,26)/t15-,19+/m1/s1. The SMILES string of the molecule is C[C@@H]1CCCC[C@@H]1NC(=S)N(Cc1ccccc1O)c1ccc(F)cc1. The van der Waals surface area contributed by atoms with Crippen LogP contribution in [0.15, 0.2) is 48.5 Å². The normalized spacial score (nSPS) is 19.8. The van der Waals surface area contributed by atoms with E-state index in [1.165, 1.54) is 31.4 Å². The zero-order valence-corrected chi connectivity index (χ0v) is 15.8. The summed E-state index contributed by atoms with van der Waals surface area (Å²) in [5.74, 6) is 0.520. The number of nitrogens with zero attached hydrogens (tertiary/aromatic N) is 1. The molecule has 0 aliphatic heterocycles. The third kappa shape index (κ3) is 4.52. The maximum Gasteiger partial charge on any atom is 0.174 e. The molecule has 0 amide bonds. The van der Waals surface area contributed by atoms with Crippen LogP contribution in [0.5, 0.6) is 5.75 Å².